The van der Waals surface area contributed by atoms with E-state index in [1.54, 1.807) is 0 Å². The number of carbonyl (C=O) groups is 1. The lowest BCUT2D eigenvalue weighted by Crippen LogP contribution is -2.26. The molecule has 0 radical (unpaired) electrons. The molecule has 3 aromatic carbocycles. The molecule has 0 aromatic heterocycles. The predicted molar refractivity (Wildman–Crippen MR) is 104 cm³/mol. The van der Waals surface area contributed by atoms with Gasteiger partial charge >= 0.3 is 0 Å². The highest BCUT2D eigenvalue weighted by Gasteiger charge is 2.05. The molecule has 0 saturated carbocycles. The maximum atomic E-state index is 12.0. The van der Waals surface area contributed by atoms with Crippen molar-refractivity contribution in [2.45, 2.75) is 13.8 Å². The maximum absolute atomic E-state index is 12.0. The summed E-state index contributed by atoms with van der Waals surface area (Å²) in [6.07, 6.45) is 0. The van der Waals surface area contributed by atoms with Gasteiger partial charge in [0.15, 0.2) is 0 Å². The molecule has 126 valence electrons. The Kier molecular flexibility index (Phi) is 5.09. The number of nitrogens with one attached hydrogen (secondary N) is 2. The molecule has 3 rings (SSSR count). The molecular formula is C21H21N3O. The SMILES string of the molecule is C/C(=N/NC(=O)CNc1ccc(C)cc1)c1cccc2ccccc12. The van der Waals surface area contributed by atoms with E-state index in [9.17, 15) is 4.79 Å². The summed E-state index contributed by atoms with van der Waals surface area (Å²) < 4.78 is 0. The number of fused-ring (bicyclic) bond motifs is 1. The Bertz CT molecular complexity index is 909. The molecule has 0 aliphatic carbocycles. The molecule has 0 fully saturated rings. The molecule has 0 saturated heterocycles. The average molecular weight is 331 g/mol. The number of nitrogens with zero attached hydrogens (tertiary/aromatic N) is 1. The van der Waals surface area contributed by atoms with Crippen LogP contribution in [0.15, 0.2) is 71.8 Å². The van der Waals surface area contributed by atoms with Gasteiger partial charge in [-0.15, -0.1) is 0 Å². The number of aryl methyl sites for hydroxylation is 1. The largest absolute Gasteiger partial charge is 0.376 e. The van der Waals surface area contributed by atoms with Crippen molar-refractivity contribution in [1.29, 1.82) is 0 Å². The Hall–Kier alpha value is -3.14. The quantitative estimate of drug-likeness (QED) is 0.546. The molecule has 0 aliphatic heterocycles. The van der Waals surface area contributed by atoms with Crippen molar-refractivity contribution >= 4 is 28.1 Å². The number of anilines is 1. The zero-order chi connectivity index (χ0) is 17.6. The minimum Gasteiger partial charge on any atom is -0.376 e. The zero-order valence-electron chi connectivity index (χ0n) is 14.4. The lowest BCUT2D eigenvalue weighted by Gasteiger charge is -2.08. The summed E-state index contributed by atoms with van der Waals surface area (Å²) >= 11 is 0. The minimum atomic E-state index is -0.180. The summed E-state index contributed by atoms with van der Waals surface area (Å²) in [7, 11) is 0. The van der Waals surface area contributed by atoms with Gasteiger partial charge < -0.3 is 5.32 Å². The monoisotopic (exact) mass is 331 g/mol. The third kappa shape index (κ3) is 4.23. The number of hydrogen-bond donors (Lipinski definition) is 2. The van der Waals surface area contributed by atoms with Crippen LogP contribution in [0.5, 0.6) is 0 Å². The highest BCUT2D eigenvalue weighted by atomic mass is 16.2. The van der Waals surface area contributed by atoms with Crippen LogP contribution in [-0.2, 0) is 4.79 Å². The van der Waals surface area contributed by atoms with Gasteiger partial charge in [0.25, 0.3) is 5.91 Å². The zero-order valence-corrected chi connectivity index (χ0v) is 14.4. The summed E-state index contributed by atoms with van der Waals surface area (Å²) in [4.78, 5) is 12.0. The van der Waals surface area contributed by atoms with E-state index in [0.717, 1.165) is 27.7 Å². The molecule has 0 heterocycles. The molecule has 4 heteroatoms. The Morgan fingerprint density at radius 2 is 1.68 bits per heavy atom. The van der Waals surface area contributed by atoms with Crippen LogP contribution >= 0.6 is 0 Å². The van der Waals surface area contributed by atoms with Crippen LogP contribution < -0.4 is 10.7 Å². The Balaban J connectivity index is 1.64. The van der Waals surface area contributed by atoms with Crippen molar-refractivity contribution in [3.05, 3.63) is 77.9 Å². The minimum absolute atomic E-state index is 0.176. The first-order valence-electron chi connectivity index (χ1n) is 8.25. The van der Waals surface area contributed by atoms with E-state index in [-0.39, 0.29) is 12.5 Å². The number of benzene rings is 3. The molecule has 0 bridgehead atoms. The van der Waals surface area contributed by atoms with Gasteiger partial charge in [0.1, 0.15) is 0 Å². The van der Waals surface area contributed by atoms with Crippen molar-refractivity contribution in [1.82, 2.24) is 5.43 Å². The Morgan fingerprint density at radius 1 is 0.960 bits per heavy atom. The van der Waals surface area contributed by atoms with Gasteiger partial charge in [-0.3, -0.25) is 4.79 Å². The predicted octanol–water partition coefficient (Wildman–Crippen LogP) is 4.10. The van der Waals surface area contributed by atoms with Gasteiger partial charge in [0.2, 0.25) is 0 Å². The Labute approximate surface area is 147 Å². The van der Waals surface area contributed by atoms with E-state index in [4.69, 9.17) is 0 Å². The molecule has 1 amide bonds. The van der Waals surface area contributed by atoms with Crippen LogP contribution in [0.3, 0.4) is 0 Å². The van der Waals surface area contributed by atoms with Crippen molar-refractivity contribution in [3.63, 3.8) is 0 Å². The normalized spacial score (nSPS) is 11.4. The van der Waals surface area contributed by atoms with Gasteiger partial charge in [-0.05, 0) is 36.8 Å². The number of hydrazone groups is 1. The highest BCUT2D eigenvalue weighted by molar-refractivity contribution is 6.09. The van der Waals surface area contributed by atoms with Gasteiger partial charge in [0, 0.05) is 11.3 Å². The van der Waals surface area contributed by atoms with E-state index in [1.165, 1.54) is 5.56 Å². The third-order valence-electron chi connectivity index (χ3n) is 4.03. The average Bonchev–Trinajstić information content (AvgIpc) is 2.65. The first-order chi connectivity index (χ1) is 12.1. The summed E-state index contributed by atoms with van der Waals surface area (Å²) in [5.41, 5.74) is 6.51. The number of hydrogen-bond acceptors (Lipinski definition) is 3. The van der Waals surface area contributed by atoms with Crippen molar-refractivity contribution in [2.24, 2.45) is 5.10 Å². The van der Waals surface area contributed by atoms with Crippen LogP contribution in [0.2, 0.25) is 0 Å². The van der Waals surface area contributed by atoms with Crippen LogP contribution in [-0.4, -0.2) is 18.2 Å². The van der Waals surface area contributed by atoms with Gasteiger partial charge in [-0.25, -0.2) is 5.43 Å². The van der Waals surface area contributed by atoms with Crippen molar-refractivity contribution in [3.8, 4) is 0 Å². The summed E-state index contributed by atoms with van der Waals surface area (Å²) in [5, 5.41) is 9.61. The number of amides is 1. The molecule has 0 atom stereocenters. The number of carbonyl (C=O) groups excluding carboxylic acids is 1. The van der Waals surface area contributed by atoms with Crippen LogP contribution in [0.1, 0.15) is 18.1 Å². The van der Waals surface area contributed by atoms with E-state index in [2.05, 4.69) is 34.0 Å². The van der Waals surface area contributed by atoms with Crippen molar-refractivity contribution < 1.29 is 4.79 Å². The van der Waals surface area contributed by atoms with Crippen LogP contribution in [0.4, 0.5) is 5.69 Å². The topological polar surface area (TPSA) is 53.5 Å². The second kappa shape index (κ2) is 7.62. The van der Waals surface area contributed by atoms with Crippen LogP contribution in [0, 0.1) is 6.92 Å². The molecule has 2 N–H and O–H groups in total. The summed E-state index contributed by atoms with van der Waals surface area (Å²) in [6, 6.07) is 22.1. The van der Waals surface area contributed by atoms with Gasteiger partial charge in [-0.1, -0.05) is 60.2 Å². The fourth-order valence-corrected chi connectivity index (χ4v) is 2.64. The van der Waals surface area contributed by atoms with Crippen molar-refractivity contribution in [2.75, 3.05) is 11.9 Å². The first kappa shape index (κ1) is 16.7. The molecule has 0 unspecified atom stereocenters. The highest BCUT2D eigenvalue weighted by Crippen LogP contribution is 2.19. The Morgan fingerprint density at radius 3 is 2.48 bits per heavy atom. The fourth-order valence-electron chi connectivity index (χ4n) is 2.64. The van der Waals surface area contributed by atoms with E-state index >= 15 is 0 Å². The second-order valence-corrected chi connectivity index (χ2v) is 5.98. The second-order valence-electron chi connectivity index (χ2n) is 5.98. The lowest BCUT2D eigenvalue weighted by molar-refractivity contribution is -0.119. The van der Waals surface area contributed by atoms with Gasteiger partial charge in [0.05, 0.1) is 12.3 Å². The molecule has 0 spiro atoms. The first-order valence-corrected chi connectivity index (χ1v) is 8.25. The molecule has 0 aliphatic rings. The molecule has 3 aromatic rings. The maximum Gasteiger partial charge on any atom is 0.259 e. The van der Waals surface area contributed by atoms with Gasteiger partial charge in [-0.2, -0.15) is 5.10 Å². The fraction of sp³-hybridized carbons (Fsp3) is 0.143. The van der Waals surface area contributed by atoms with E-state index in [1.807, 2.05) is 62.4 Å². The smallest absolute Gasteiger partial charge is 0.259 e. The van der Waals surface area contributed by atoms with E-state index < -0.39 is 0 Å². The molecule has 25 heavy (non-hydrogen) atoms. The molecular weight excluding hydrogens is 310 g/mol. The molecule has 4 nitrogen and oxygen atoms in total. The summed E-state index contributed by atoms with van der Waals surface area (Å²) in [6.45, 7) is 4.10. The number of rotatable bonds is 5. The summed E-state index contributed by atoms with van der Waals surface area (Å²) in [5.74, 6) is -0.180. The standard InChI is InChI=1S/C21H21N3O/c1-15-10-12-18(13-11-15)22-14-21(25)24-23-16(2)19-9-5-7-17-6-3-4-8-20(17)19/h3-13,22H,14H2,1-2H3,(H,24,25)/b23-16-. The third-order valence-corrected chi connectivity index (χ3v) is 4.03. The lowest BCUT2D eigenvalue weighted by atomic mass is 10.0. The van der Waals surface area contributed by atoms with E-state index in [0.29, 0.717) is 0 Å². The van der Waals surface area contributed by atoms with Crippen LogP contribution in [0.25, 0.3) is 10.8 Å².